The molecule has 1 fully saturated rings. The van der Waals surface area contributed by atoms with Crippen LogP contribution in [0.25, 0.3) is 11.3 Å². The molecule has 0 spiro atoms. The van der Waals surface area contributed by atoms with E-state index < -0.39 is 6.10 Å². The lowest BCUT2D eigenvalue weighted by Gasteiger charge is -2.25. The molecule has 1 aromatic heterocycles. The molecule has 134 valence electrons. The van der Waals surface area contributed by atoms with E-state index >= 15 is 0 Å². The predicted molar refractivity (Wildman–Crippen MR) is 91.3 cm³/mol. The number of benzene rings is 1. The standard InChI is InChI=1S/C19H23FN2O3/c1-13(23)11-16-3-2-10-22(16)19(24)9-8-18-21-12-17(25-18)14-4-6-15(20)7-5-14/h4-7,12-13,16,23H,2-3,8-11H2,1H3. The van der Waals surface area contributed by atoms with Crippen molar-refractivity contribution in [2.24, 2.45) is 0 Å². The second kappa shape index (κ2) is 7.78. The molecular weight excluding hydrogens is 323 g/mol. The first-order chi connectivity index (χ1) is 12.0. The maximum atomic E-state index is 13.0. The van der Waals surface area contributed by atoms with Crippen molar-refractivity contribution in [1.29, 1.82) is 0 Å². The minimum atomic E-state index is -0.400. The summed E-state index contributed by atoms with van der Waals surface area (Å²) in [6.07, 6.45) is 4.51. The number of hydrogen-bond donors (Lipinski definition) is 1. The van der Waals surface area contributed by atoms with Crippen molar-refractivity contribution in [3.8, 4) is 11.3 Å². The summed E-state index contributed by atoms with van der Waals surface area (Å²) in [6.45, 7) is 2.51. The lowest BCUT2D eigenvalue weighted by atomic mass is 10.1. The van der Waals surface area contributed by atoms with Crippen molar-refractivity contribution >= 4 is 5.91 Å². The van der Waals surface area contributed by atoms with Gasteiger partial charge in [-0.2, -0.15) is 0 Å². The SMILES string of the molecule is CC(O)CC1CCCN1C(=O)CCc1ncc(-c2ccc(F)cc2)o1. The fourth-order valence-corrected chi connectivity index (χ4v) is 3.33. The van der Waals surface area contributed by atoms with Crippen LogP contribution in [-0.4, -0.2) is 39.6 Å². The maximum absolute atomic E-state index is 13.0. The zero-order chi connectivity index (χ0) is 17.8. The Bertz CT molecular complexity index is 712. The summed E-state index contributed by atoms with van der Waals surface area (Å²) in [6, 6.07) is 6.14. The van der Waals surface area contributed by atoms with Crippen molar-refractivity contribution in [2.45, 2.75) is 51.2 Å². The van der Waals surface area contributed by atoms with Crippen LogP contribution in [0.5, 0.6) is 0 Å². The van der Waals surface area contributed by atoms with Crippen LogP contribution in [0.2, 0.25) is 0 Å². The molecule has 1 aliphatic heterocycles. The van der Waals surface area contributed by atoms with E-state index in [0.29, 0.717) is 30.9 Å². The molecule has 0 saturated carbocycles. The number of aryl methyl sites for hydroxylation is 1. The largest absolute Gasteiger partial charge is 0.441 e. The zero-order valence-corrected chi connectivity index (χ0v) is 14.3. The summed E-state index contributed by atoms with van der Waals surface area (Å²) in [5.74, 6) is 0.839. The Morgan fingerprint density at radius 3 is 2.92 bits per heavy atom. The minimum absolute atomic E-state index is 0.0738. The third kappa shape index (κ3) is 4.45. The molecule has 0 aliphatic carbocycles. The number of carbonyl (C=O) groups excluding carboxylic acids is 1. The van der Waals surface area contributed by atoms with Crippen LogP contribution in [0.1, 0.15) is 38.5 Å². The summed E-state index contributed by atoms with van der Waals surface area (Å²) in [5, 5.41) is 9.56. The van der Waals surface area contributed by atoms with Crippen molar-refractivity contribution < 1.29 is 18.7 Å². The maximum Gasteiger partial charge on any atom is 0.223 e. The highest BCUT2D eigenvalue weighted by Crippen LogP contribution is 2.24. The van der Waals surface area contributed by atoms with Gasteiger partial charge in [-0.15, -0.1) is 0 Å². The molecule has 2 heterocycles. The average molecular weight is 346 g/mol. The van der Waals surface area contributed by atoms with Gasteiger partial charge in [-0.25, -0.2) is 9.37 Å². The fraction of sp³-hybridized carbons (Fsp3) is 0.474. The van der Waals surface area contributed by atoms with Gasteiger partial charge in [-0.3, -0.25) is 4.79 Å². The van der Waals surface area contributed by atoms with Gasteiger partial charge >= 0.3 is 0 Å². The fourth-order valence-electron chi connectivity index (χ4n) is 3.33. The summed E-state index contributed by atoms with van der Waals surface area (Å²) in [7, 11) is 0. The smallest absolute Gasteiger partial charge is 0.223 e. The number of carbonyl (C=O) groups is 1. The average Bonchev–Trinajstić information content (AvgIpc) is 3.22. The molecule has 2 atom stereocenters. The second-order valence-electron chi connectivity index (χ2n) is 6.59. The van der Waals surface area contributed by atoms with Crippen molar-refractivity contribution in [2.75, 3.05) is 6.54 Å². The monoisotopic (exact) mass is 346 g/mol. The van der Waals surface area contributed by atoms with Crippen LogP contribution in [-0.2, 0) is 11.2 Å². The number of aliphatic hydroxyl groups excluding tert-OH is 1. The molecule has 2 unspecified atom stereocenters. The topological polar surface area (TPSA) is 66.6 Å². The van der Waals surface area contributed by atoms with Crippen LogP contribution >= 0.6 is 0 Å². The molecule has 1 aromatic carbocycles. The molecule has 5 nitrogen and oxygen atoms in total. The molecule has 2 aromatic rings. The summed E-state index contributed by atoms with van der Waals surface area (Å²) >= 11 is 0. The van der Waals surface area contributed by atoms with Crippen LogP contribution in [0, 0.1) is 5.82 Å². The van der Waals surface area contributed by atoms with Gasteiger partial charge in [0.05, 0.1) is 12.3 Å². The van der Waals surface area contributed by atoms with Crippen LogP contribution in [0.3, 0.4) is 0 Å². The van der Waals surface area contributed by atoms with Gasteiger partial charge in [-0.1, -0.05) is 0 Å². The third-order valence-electron chi connectivity index (χ3n) is 4.55. The van der Waals surface area contributed by atoms with Gasteiger partial charge in [0.2, 0.25) is 5.91 Å². The Kier molecular flexibility index (Phi) is 5.48. The van der Waals surface area contributed by atoms with E-state index in [9.17, 15) is 14.3 Å². The number of amides is 1. The normalized spacial score (nSPS) is 18.5. The Morgan fingerprint density at radius 1 is 1.44 bits per heavy atom. The number of halogens is 1. The quantitative estimate of drug-likeness (QED) is 0.872. The zero-order valence-electron chi connectivity index (χ0n) is 14.3. The van der Waals surface area contributed by atoms with Gasteiger partial charge in [0.15, 0.2) is 11.7 Å². The number of hydrogen-bond acceptors (Lipinski definition) is 4. The summed E-state index contributed by atoms with van der Waals surface area (Å²) < 4.78 is 18.6. The highest BCUT2D eigenvalue weighted by molar-refractivity contribution is 5.77. The second-order valence-corrected chi connectivity index (χ2v) is 6.59. The molecule has 1 amide bonds. The molecule has 0 bridgehead atoms. The molecule has 25 heavy (non-hydrogen) atoms. The number of oxazole rings is 1. The first-order valence-electron chi connectivity index (χ1n) is 8.71. The lowest BCUT2D eigenvalue weighted by molar-refractivity contribution is -0.132. The molecule has 1 aliphatic rings. The first kappa shape index (κ1) is 17.6. The highest BCUT2D eigenvalue weighted by Gasteiger charge is 2.29. The molecule has 0 radical (unpaired) electrons. The van der Waals surface area contributed by atoms with E-state index in [1.165, 1.54) is 12.1 Å². The lowest BCUT2D eigenvalue weighted by Crippen LogP contribution is -2.37. The predicted octanol–water partition coefficient (Wildman–Crippen LogP) is 3.18. The van der Waals surface area contributed by atoms with E-state index in [4.69, 9.17) is 4.42 Å². The molecular formula is C19H23FN2O3. The Balaban J connectivity index is 1.56. The number of aliphatic hydroxyl groups is 1. The summed E-state index contributed by atoms with van der Waals surface area (Å²) in [5.41, 5.74) is 0.753. The van der Waals surface area contributed by atoms with Gasteiger partial charge in [-0.05, 0) is 50.5 Å². The number of nitrogens with zero attached hydrogens (tertiary/aromatic N) is 2. The number of rotatable bonds is 6. The molecule has 6 heteroatoms. The highest BCUT2D eigenvalue weighted by atomic mass is 19.1. The molecule has 1 N–H and O–H groups in total. The van der Waals surface area contributed by atoms with Gasteiger partial charge < -0.3 is 14.4 Å². The summed E-state index contributed by atoms with van der Waals surface area (Å²) in [4.78, 5) is 18.5. The van der Waals surface area contributed by atoms with Crippen molar-refractivity contribution in [3.05, 3.63) is 42.2 Å². The van der Waals surface area contributed by atoms with E-state index in [2.05, 4.69) is 4.98 Å². The van der Waals surface area contributed by atoms with E-state index in [0.717, 1.165) is 24.9 Å². The number of aromatic nitrogens is 1. The Labute approximate surface area is 146 Å². The van der Waals surface area contributed by atoms with Crippen LogP contribution < -0.4 is 0 Å². The van der Waals surface area contributed by atoms with E-state index in [-0.39, 0.29) is 17.8 Å². The van der Waals surface area contributed by atoms with Crippen LogP contribution in [0.4, 0.5) is 4.39 Å². The minimum Gasteiger partial charge on any atom is -0.441 e. The van der Waals surface area contributed by atoms with Crippen LogP contribution in [0.15, 0.2) is 34.9 Å². The molecule has 3 rings (SSSR count). The Morgan fingerprint density at radius 2 is 2.20 bits per heavy atom. The van der Waals surface area contributed by atoms with E-state index in [1.807, 2.05) is 4.90 Å². The van der Waals surface area contributed by atoms with Gasteiger partial charge in [0.1, 0.15) is 5.82 Å². The Hall–Kier alpha value is -2.21. The third-order valence-corrected chi connectivity index (χ3v) is 4.55. The van der Waals surface area contributed by atoms with E-state index in [1.54, 1.807) is 25.3 Å². The van der Waals surface area contributed by atoms with Crippen molar-refractivity contribution in [1.82, 2.24) is 9.88 Å². The first-order valence-corrected chi connectivity index (χ1v) is 8.71. The van der Waals surface area contributed by atoms with Gasteiger partial charge in [0.25, 0.3) is 0 Å². The van der Waals surface area contributed by atoms with Crippen molar-refractivity contribution in [3.63, 3.8) is 0 Å². The van der Waals surface area contributed by atoms with Gasteiger partial charge in [0, 0.05) is 31.0 Å². The number of likely N-dealkylation sites (tertiary alicyclic amines) is 1. The molecule has 1 saturated heterocycles.